The highest BCUT2D eigenvalue weighted by atomic mass is 35.5. The lowest BCUT2D eigenvalue weighted by atomic mass is 9.93. The summed E-state index contributed by atoms with van der Waals surface area (Å²) in [6.07, 6.45) is 0. The maximum Gasteiger partial charge on any atom is 0.265 e. The number of thiophene rings is 1. The average molecular weight is 433 g/mol. The van der Waals surface area contributed by atoms with Gasteiger partial charge in [0.05, 0.1) is 12.2 Å². The van der Waals surface area contributed by atoms with E-state index in [9.17, 15) is 18.0 Å². The third-order valence-electron chi connectivity index (χ3n) is 4.22. The number of hydrogen-bond acceptors (Lipinski definition) is 5. The van der Waals surface area contributed by atoms with Gasteiger partial charge in [0.1, 0.15) is 41.0 Å². The van der Waals surface area contributed by atoms with Crippen LogP contribution < -0.4 is 10.5 Å². The molecule has 0 saturated heterocycles. The summed E-state index contributed by atoms with van der Waals surface area (Å²) in [5.41, 5.74) is 4.25. The molecule has 0 saturated carbocycles. The van der Waals surface area contributed by atoms with Crippen molar-refractivity contribution in [3.63, 3.8) is 0 Å². The number of benzene rings is 1. The van der Waals surface area contributed by atoms with E-state index in [1.165, 1.54) is 24.4 Å². The Morgan fingerprint density at radius 3 is 2.64 bits per heavy atom. The molecule has 0 aliphatic carbocycles. The van der Waals surface area contributed by atoms with Crippen molar-refractivity contribution >= 4 is 34.4 Å². The summed E-state index contributed by atoms with van der Waals surface area (Å²) in [7, 11) is 2.88. The van der Waals surface area contributed by atoms with E-state index < -0.39 is 28.9 Å². The maximum atomic E-state index is 14.9. The molecular weight excluding hydrogens is 417 g/mol. The van der Waals surface area contributed by atoms with E-state index in [2.05, 4.69) is 0 Å². The fourth-order valence-corrected chi connectivity index (χ4v) is 4.40. The molecule has 2 aromatic rings. The molecule has 2 heterocycles. The lowest BCUT2D eigenvalue weighted by Crippen LogP contribution is -2.34. The minimum Gasteiger partial charge on any atom is -0.490 e. The van der Waals surface area contributed by atoms with Gasteiger partial charge >= 0.3 is 0 Å². The molecular formula is C18H16ClF3N2O3S. The van der Waals surface area contributed by atoms with E-state index >= 15 is 0 Å². The Morgan fingerprint density at radius 2 is 2.00 bits per heavy atom. The summed E-state index contributed by atoms with van der Waals surface area (Å²) in [5.74, 6) is -3.51. The van der Waals surface area contributed by atoms with E-state index in [1.54, 1.807) is 0 Å². The molecule has 150 valence electrons. The fourth-order valence-electron chi connectivity index (χ4n) is 3.02. The van der Waals surface area contributed by atoms with Crippen molar-refractivity contribution in [3.05, 3.63) is 56.7 Å². The third kappa shape index (κ3) is 3.45. The second kappa shape index (κ2) is 8.02. The summed E-state index contributed by atoms with van der Waals surface area (Å²) in [6, 6.07) is 1.64. The van der Waals surface area contributed by atoms with Crippen molar-refractivity contribution in [3.8, 4) is 5.75 Å². The number of amides is 1. The monoisotopic (exact) mass is 432 g/mol. The molecule has 2 N–H and O–H groups in total. The molecule has 0 fully saturated rings. The van der Waals surface area contributed by atoms with Gasteiger partial charge in [0, 0.05) is 47.7 Å². The Kier molecular flexibility index (Phi) is 5.87. The highest BCUT2D eigenvalue weighted by Gasteiger charge is 2.38. The molecule has 1 aromatic heterocycles. The summed E-state index contributed by atoms with van der Waals surface area (Å²) in [4.78, 5) is 13.7. The van der Waals surface area contributed by atoms with Crippen LogP contribution in [0.3, 0.4) is 0 Å². The van der Waals surface area contributed by atoms with Crippen LogP contribution in [0.1, 0.15) is 21.5 Å². The van der Waals surface area contributed by atoms with E-state index in [0.717, 1.165) is 17.4 Å². The maximum absolute atomic E-state index is 14.9. The molecule has 0 spiro atoms. The number of alkyl halides is 1. The first kappa shape index (κ1) is 20.5. The molecule has 10 heteroatoms. The van der Waals surface area contributed by atoms with Crippen molar-refractivity contribution < 1.29 is 27.4 Å². The number of nitrogens with zero attached hydrogens (tertiary/aromatic N) is 1. The Labute approximate surface area is 168 Å². The Bertz CT molecular complexity index is 964. The van der Waals surface area contributed by atoms with Crippen molar-refractivity contribution in [2.45, 2.75) is 5.50 Å². The van der Waals surface area contributed by atoms with E-state index in [0.29, 0.717) is 6.07 Å². The quantitative estimate of drug-likeness (QED) is 0.430. The molecule has 28 heavy (non-hydrogen) atoms. The van der Waals surface area contributed by atoms with E-state index in [4.69, 9.17) is 26.8 Å². The molecule has 1 atom stereocenters. The van der Waals surface area contributed by atoms with Crippen LogP contribution in [0.5, 0.6) is 5.75 Å². The topological polar surface area (TPSA) is 64.8 Å². The second-order valence-corrected chi connectivity index (χ2v) is 7.26. The van der Waals surface area contributed by atoms with Crippen LogP contribution in [0.4, 0.5) is 13.2 Å². The fraction of sp³-hybridized carbons (Fsp3) is 0.278. The van der Waals surface area contributed by atoms with Gasteiger partial charge in [-0.1, -0.05) is 11.6 Å². The predicted molar refractivity (Wildman–Crippen MR) is 99.6 cm³/mol. The van der Waals surface area contributed by atoms with Gasteiger partial charge in [-0.25, -0.2) is 13.2 Å². The number of methoxy groups -OCH3 is 1. The highest BCUT2D eigenvalue weighted by molar-refractivity contribution is 7.11. The summed E-state index contributed by atoms with van der Waals surface area (Å²) >= 11 is 7.23. The Balaban J connectivity index is 2.32. The van der Waals surface area contributed by atoms with Crippen LogP contribution in [0.15, 0.2) is 23.2 Å². The number of nitrogens with two attached hydrogens (primary N) is 1. The number of fused-ring (bicyclic) bond motifs is 1. The van der Waals surface area contributed by atoms with Gasteiger partial charge in [0.15, 0.2) is 0 Å². The van der Waals surface area contributed by atoms with Crippen LogP contribution in [-0.2, 0) is 9.53 Å². The van der Waals surface area contributed by atoms with Gasteiger partial charge in [0.2, 0.25) is 0 Å². The van der Waals surface area contributed by atoms with Crippen LogP contribution in [-0.4, -0.2) is 38.2 Å². The first-order valence-electron chi connectivity index (χ1n) is 8.07. The van der Waals surface area contributed by atoms with Crippen LogP contribution in [0, 0.1) is 17.5 Å². The van der Waals surface area contributed by atoms with E-state index in [1.807, 2.05) is 0 Å². The molecule has 1 aliphatic heterocycles. The zero-order valence-corrected chi connectivity index (χ0v) is 16.5. The average Bonchev–Trinajstić information content (AvgIpc) is 3.00. The molecule has 1 amide bonds. The smallest absolute Gasteiger partial charge is 0.265 e. The second-order valence-electron chi connectivity index (χ2n) is 5.96. The van der Waals surface area contributed by atoms with Crippen molar-refractivity contribution in [2.24, 2.45) is 5.73 Å². The zero-order valence-electron chi connectivity index (χ0n) is 14.9. The molecule has 1 aliphatic rings. The highest BCUT2D eigenvalue weighted by Crippen LogP contribution is 2.49. The number of carbonyl (C=O) groups is 1. The first-order valence-corrected chi connectivity index (χ1v) is 9.38. The summed E-state index contributed by atoms with van der Waals surface area (Å²) < 4.78 is 53.4. The number of likely N-dealkylation sites (N-methyl/N-ethyl adjacent to an activating group) is 1. The first-order chi connectivity index (χ1) is 13.3. The van der Waals surface area contributed by atoms with Gasteiger partial charge in [-0.2, -0.15) is 0 Å². The largest absolute Gasteiger partial charge is 0.490 e. The Hall–Kier alpha value is -2.23. The van der Waals surface area contributed by atoms with Gasteiger partial charge in [0.25, 0.3) is 5.91 Å². The lowest BCUT2D eigenvalue weighted by Gasteiger charge is -2.33. The minimum absolute atomic E-state index is 0.000664. The number of carbonyl (C=O) groups excluding carboxylic acids is 1. The summed E-state index contributed by atoms with van der Waals surface area (Å²) in [6.45, 7) is 0.174. The number of primary amides is 1. The number of hydrogen-bond donors (Lipinski definition) is 1. The molecule has 1 aromatic carbocycles. The molecule has 3 rings (SSSR count). The third-order valence-corrected chi connectivity index (χ3v) is 5.72. The molecule has 0 radical (unpaired) electrons. The normalized spacial score (nSPS) is 16.4. The van der Waals surface area contributed by atoms with Crippen LogP contribution >= 0.6 is 22.9 Å². The summed E-state index contributed by atoms with van der Waals surface area (Å²) in [5, 5.41) is 1.20. The molecule has 0 bridgehead atoms. The van der Waals surface area contributed by atoms with Crippen LogP contribution in [0.2, 0.25) is 0 Å². The predicted octanol–water partition coefficient (Wildman–Crippen LogP) is 3.62. The van der Waals surface area contributed by atoms with Crippen molar-refractivity contribution in [1.29, 1.82) is 0 Å². The van der Waals surface area contributed by atoms with E-state index in [-0.39, 0.29) is 46.2 Å². The Morgan fingerprint density at radius 1 is 1.29 bits per heavy atom. The van der Waals surface area contributed by atoms with Gasteiger partial charge < -0.3 is 20.1 Å². The van der Waals surface area contributed by atoms with Gasteiger partial charge in [-0.05, 0) is 0 Å². The number of halogens is 4. The standard InChI is InChI=1S/C18H16ClF3N2O3S/c1-24-15(18(23)25)14(16-13(17(24)19)10(22)7-28-16)12-9(21)5-8(20)6-11(12)27-4-3-26-2/h5-7,17H,3-4H2,1-2H3,(H2,23,25). The van der Waals surface area contributed by atoms with Gasteiger partial charge in [-0.3, -0.25) is 4.79 Å². The number of rotatable bonds is 6. The lowest BCUT2D eigenvalue weighted by molar-refractivity contribution is -0.116. The number of ether oxygens (including phenoxy) is 2. The molecule has 5 nitrogen and oxygen atoms in total. The SMILES string of the molecule is COCCOc1cc(F)cc(F)c1C1=C(C(N)=O)N(C)C(Cl)c2c(F)csc21. The molecule has 1 unspecified atom stereocenters. The van der Waals surface area contributed by atoms with Crippen molar-refractivity contribution in [1.82, 2.24) is 4.90 Å². The van der Waals surface area contributed by atoms with Crippen LogP contribution in [0.25, 0.3) is 5.57 Å². The minimum atomic E-state index is -1.02. The van der Waals surface area contributed by atoms with Crippen molar-refractivity contribution in [2.75, 3.05) is 27.4 Å². The van der Waals surface area contributed by atoms with Gasteiger partial charge in [-0.15, -0.1) is 11.3 Å². The zero-order chi connectivity index (χ0) is 20.6.